The fourth-order valence-electron chi connectivity index (χ4n) is 3.13. The van der Waals surface area contributed by atoms with Crippen LogP contribution in [0.15, 0.2) is 11.9 Å². The average molecular weight is 304 g/mol. The highest BCUT2D eigenvalue weighted by Crippen LogP contribution is 2.27. The highest BCUT2D eigenvalue weighted by molar-refractivity contribution is 7.80. The Bertz CT molecular complexity index is 613. The van der Waals surface area contributed by atoms with Crippen LogP contribution in [-0.2, 0) is 11.8 Å². The van der Waals surface area contributed by atoms with Gasteiger partial charge in [0.05, 0.1) is 5.69 Å². The second kappa shape index (κ2) is 5.60. The molecule has 21 heavy (non-hydrogen) atoms. The third-order valence-electron chi connectivity index (χ3n) is 4.20. The average Bonchev–Trinajstić information content (AvgIpc) is 2.91. The summed E-state index contributed by atoms with van der Waals surface area (Å²) in [6.45, 7) is 1.93. The van der Waals surface area contributed by atoms with E-state index in [1.54, 1.807) is 9.58 Å². The van der Waals surface area contributed by atoms with Crippen LogP contribution in [0.4, 0.5) is 0 Å². The Balaban J connectivity index is 1.84. The number of nitrogens with zero attached hydrogens (tertiary/aromatic N) is 3. The van der Waals surface area contributed by atoms with Crippen LogP contribution in [0.1, 0.15) is 43.4 Å². The van der Waals surface area contributed by atoms with Gasteiger partial charge in [-0.05, 0) is 38.1 Å². The molecule has 2 fully saturated rings. The zero-order valence-corrected chi connectivity index (χ0v) is 13.2. The second-order valence-electron chi connectivity index (χ2n) is 5.80. The van der Waals surface area contributed by atoms with Crippen molar-refractivity contribution in [2.45, 2.75) is 45.1 Å². The number of aromatic nitrogens is 2. The van der Waals surface area contributed by atoms with E-state index in [9.17, 15) is 4.79 Å². The smallest absolute Gasteiger partial charge is 0.276 e. The maximum absolute atomic E-state index is 12.6. The summed E-state index contributed by atoms with van der Waals surface area (Å²) in [5.74, 6) is -0.00449. The monoisotopic (exact) mass is 304 g/mol. The summed E-state index contributed by atoms with van der Waals surface area (Å²) in [6, 6.07) is 0.257. The fourth-order valence-corrected chi connectivity index (χ4v) is 3.48. The first-order chi connectivity index (χ1) is 10.1. The summed E-state index contributed by atoms with van der Waals surface area (Å²) in [5, 5.41) is 7.90. The Morgan fingerprint density at radius 1 is 1.38 bits per heavy atom. The van der Waals surface area contributed by atoms with Crippen molar-refractivity contribution in [1.82, 2.24) is 20.0 Å². The highest BCUT2D eigenvalue weighted by atomic mass is 32.1. The molecular weight excluding hydrogens is 284 g/mol. The van der Waals surface area contributed by atoms with Gasteiger partial charge in [-0.3, -0.25) is 14.4 Å². The number of hydrogen-bond acceptors (Lipinski definition) is 3. The molecule has 1 saturated carbocycles. The lowest BCUT2D eigenvalue weighted by molar-refractivity contribution is -0.124. The van der Waals surface area contributed by atoms with Gasteiger partial charge in [0.25, 0.3) is 5.91 Å². The molecule has 3 rings (SSSR count). The van der Waals surface area contributed by atoms with Gasteiger partial charge in [0, 0.05) is 24.8 Å². The summed E-state index contributed by atoms with van der Waals surface area (Å²) in [4.78, 5) is 14.4. The zero-order valence-electron chi connectivity index (χ0n) is 12.4. The van der Waals surface area contributed by atoms with E-state index in [-0.39, 0.29) is 11.9 Å². The lowest BCUT2D eigenvalue weighted by Crippen LogP contribution is -2.41. The minimum absolute atomic E-state index is 0.00449. The fraction of sp³-hybridized carbons (Fsp3) is 0.533. The molecule has 2 aliphatic rings. The van der Waals surface area contributed by atoms with Crippen molar-refractivity contribution < 1.29 is 4.79 Å². The topological polar surface area (TPSA) is 50.2 Å². The summed E-state index contributed by atoms with van der Waals surface area (Å²) >= 11 is 5.36. The predicted octanol–water partition coefficient (Wildman–Crippen LogP) is 2.12. The normalized spacial score (nSPS) is 22.2. The minimum atomic E-state index is -0.00449. The van der Waals surface area contributed by atoms with E-state index in [0.717, 1.165) is 24.1 Å². The molecule has 6 heteroatoms. The minimum Gasteiger partial charge on any atom is -0.328 e. The van der Waals surface area contributed by atoms with E-state index < -0.39 is 0 Å². The lowest BCUT2D eigenvalue weighted by Gasteiger charge is -2.29. The third-order valence-corrected chi connectivity index (χ3v) is 4.50. The molecule has 0 radical (unpaired) electrons. The van der Waals surface area contributed by atoms with Crippen molar-refractivity contribution >= 4 is 29.3 Å². The van der Waals surface area contributed by atoms with Gasteiger partial charge in [0.1, 0.15) is 5.70 Å². The van der Waals surface area contributed by atoms with Gasteiger partial charge in [0.2, 0.25) is 0 Å². The van der Waals surface area contributed by atoms with Crippen molar-refractivity contribution in [2.75, 3.05) is 0 Å². The summed E-state index contributed by atoms with van der Waals surface area (Å²) < 4.78 is 1.75. The molecule has 0 atom stereocenters. The predicted molar refractivity (Wildman–Crippen MR) is 85.4 cm³/mol. The van der Waals surface area contributed by atoms with Gasteiger partial charge >= 0.3 is 0 Å². The molecule has 1 amide bonds. The first kappa shape index (κ1) is 14.3. The van der Waals surface area contributed by atoms with Crippen molar-refractivity contribution in [3.05, 3.63) is 23.2 Å². The third kappa shape index (κ3) is 2.72. The molecule has 0 unspecified atom stereocenters. The number of aryl methyl sites for hydroxylation is 2. The molecule has 1 aromatic rings. The number of thiocarbonyl (C=S) groups is 1. The molecule has 5 nitrogen and oxygen atoms in total. The van der Waals surface area contributed by atoms with Crippen LogP contribution in [0.25, 0.3) is 6.08 Å². The van der Waals surface area contributed by atoms with Crippen LogP contribution in [0, 0.1) is 6.92 Å². The first-order valence-corrected chi connectivity index (χ1v) is 7.83. The number of hydrogen-bond donors (Lipinski definition) is 1. The molecule has 112 valence electrons. The van der Waals surface area contributed by atoms with E-state index in [1.807, 2.05) is 26.2 Å². The largest absolute Gasteiger partial charge is 0.328 e. The Kier molecular flexibility index (Phi) is 3.80. The number of carbonyl (C=O) groups excluding carboxylic acids is 1. The van der Waals surface area contributed by atoms with E-state index in [2.05, 4.69) is 10.4 Å². The Labute approximate surface area is 130 Å². The molecule has 1 aromatic heterocycles. The van der Waals surface area contributed by atoms with E-state index >= 15 is 0 Å². The number of carbonyl (C=O) groups is 1. The Morgan fingerprint density at radius 2 is 2.10 bits per heavy atom. The summed E-state index contributed by atoms with van der Waals surface area (Å²) in [5.41, 5.74) is 2.41. The molecule has 1 N–H and O–H groups in total. The standard InChI is InChI=1S/C15H20N4OS/c1-10-11(9-18(2)17-10)8-13-14(20)19(15(21)16-13)12-6-4-3-5-7-12/h8-9,12H,3-7H2,1-2H3,(H,16,21)/b13-8+. The summed E-state index contributed by atoms with van der Waals surface area (Å²) in [7, 11) is 1.87. The van der Waals surface area contributed by atoms with Crippen LogP contribution in [-0.4, -0.2) is 31.7 Å². The lowest BCUT2D eigenvalue weighted by atomic mass is 9.94. The van der Waals surface area contributed by atoms with Gasteiger partial charge in [-0.15, -0.1) is 0 Å². The molecule has 0 bridgehead atoms. The molecule has 1 saturated heterocycles. The van der Waals surface area contributed by atoms with Crippen LogP contribution in [0.5, 0.6) is 0 Å². The summed E-state index contributed by atoms with van der Waals surface area (Å²) in [6.07, 6.45) is 9.47. The molecule has 1 aliphatic carbocycles. The van der Waals surface area contributed by atoms with Crippen LogP contribution in [0.2, 0.25) is 0 Å². The van der Waals surface area contributed by atoms with E-state index in [0.29, 0.717) is 10.8 Å². The van der Waals surface area contributed by atoms with Crippen molar-refractivity contribution in [3.8, 4) is 0 Å². The molecule has 1 aliphatic heterocycles. The van der Waals surface area contributed by atoms with E-state index in [4.69, 9.17) is 12.2 Å². The zero-order chi connectivity index (χ0) is 15.0. The SMILES string of the molecule is Cc1nn(C)cc1/C=C1/NC(=S)N(C2CCCCC2)C1=O. The van der Waals surface area contributed by atoms with Crippen molar-refractivity contribution in [2.24, 2.45) is 7.05 Å². The van der Waals surface area contributed by atoms with Gasteiger partial charge in [-0.1, -0.05) is 19.3 Å². The maximum Gasteiger partial charge on any atom is 0.276 e. The maximum atomic E-state index is 12.6. The van der Waals surface area contributed by atoms with Gasteiger partial charge < -0.3 is 5.32 Å². The van der Waals surface area contributed by atoms with Gasteiger partial charge in [0.15, 0.2) is 5.11 Å². The number of amides is 1. The molecule has 2 heterocycles. The quantitative estimate of drug-likeness (QED) is 0.672. The first-order valence-electron chi connectivity index (χ1n) is 7.43. The van der Waals surface area contributed by atoms with Crippen LogP contribution < -0.4 is 5.32 Å². The van der Waals surface area contributed by atoms with E-state index in [1.165, 1.54) is 19.3 Å². The Morgan fingerprint density at radius 3 is 2.71 bits per heavy atom. The highest BCUT2D eigenvalue weighted by Gasteiger charge is 2.36. The van der Waals surface area contributed by atoms with Crippen LogP contribution in [0.3, 0.4) is 0 Å². The van der Waals surface area contributed by atoms with Gasteiger partial charge in [-0.2, -0.15) is 5.10 Å². The number of rotatable bonds is 2. The van der Waals surface area contributed by atoms with Crippen molar-refractivity contribution in [1.29, 1.82) is 0 Å². The molecule has 0 aromatic carbocycles. The van der Waals surface area contributed by atoms with Crippen molar-refractivity contribution in [3.63, 3.8) is 0 Å². The van der Waals surface area contributed by atoms with Gasteiger partial charge in [-0.25, -0.2) is 0 Å². The molecular formula is C15H20N4OS. The molecule has 0 spiro atoms. The van der Waals surface area contributed by atoms with Crippen LogP contribution >= 0.6 is 12.2 Å². The Hall–Kier alpha value is -1.69. The number of nitrogens with one attached hydrogen (secondary N) is 1. The second-order valence-corrected chi connectivity index (χ2v) is 6.19.